The SMILES string of the molecule is CC(C)(C)COS(=O)(=O)c1ccc2c(I)cc(S(=O)(=O)OCC(C)(C)C)cc2c1. The fraction of sp³-hybridized carbons (Fsp3) is 0.500. The highest BCUT2D eigenvalue weighted by atomic mass is 127. The predicted octanol–water partition coefficient (Wildman–Crippen LogP) is 4.95. The summed E-state index contributed by atoms with van der Waals surface area (Å²) in [5.41, 5.74) is -0.631. The number of halogens is 1. The second kappa shape index (κ2) is 8.41. The normalized spacial score (nSPS) is 13.8. The van der Waals surface area contributed by atoms with Crippen molar-refractivity contribution < 1.29 is 25.2 Å². The zero-order chi connectivity index (χ0) is 22.3. The number of hydrogen-bond acceptors (Lipinski definition) is 6. The van der Waals surface area contributed by atoms with E-state index in [4.69, 9.17) is 8.37 Å². The summed E-state index contributed by atoms with van der Waals surface area (Å²) in [4.78, 5) is -0.0287. The van der Waals surface area contributed by atoms with Crippen molar-refractivity contribution in [3.8, 4) is 0 Å². The molecule has 0 atom stereocenters. The van der Waals surface area contributed by atoms with Gasteiger partial charge in [-0.05, 0) is 68.5 Å². The van der Waals surface area contributed by atoms with Gasteiger partial charge in [0.15, 0.2) is 0 Å². The van der Waals surface area contributed by atoms with Gasteiger partial charge in [0.1, 0.15) is 0 Å². The van der Waals surface area contributed by atoms with E-state index in [0.717, 1.165) is 5.39 Å². The molecule has 2 aromatic rings. The summed E-state index contributed by atoms with van der Waals surface area (Å²) in [5.74, 6) is 0. The Kier molecular flexibility index (Phi) is 7.11. The van der Waals surface area contributed by atoms with Crippen LogP contribution in [0.3, 0.4) is 0 Å². The Morgan fingerprint density at radius 2 is 1.21 bits per heavy atom. The van der Waals surface area contributed by atoms with Crippen molar-refractivity contribution >= 4 is 53.6 Å². The van der Waals surface area contributed by atoms with Crippen LogP contribution < -0.4 is 0 Å². The lowest BCUT2D eigenvalue weighted by Gasteiger charge is -2.18. The van der Waals surface area contributed by atoms with Gasteiger partial charge in [-0.3, -0.25) is 8.37 Å². The molecular formula is C20H27IO6S2. The highest BCUT2D eigenvalue weighted by Crippen LogP contribution is 2.30. The van der Waals surface area contributed by atoms with Gasteiger partial charge in [-0.2, -0.15) is 16.8 Å². The molecule has 0 spiro atoms. The van der Waals surface area contributed by atoms with E-state index >= 15 is 0 Å². The van der Waals surface area contributed by atoms with Crippen molar-refractivity contribution in [1.82, 2.24) is 0 Å². The van der Waals surface area contributed by atoms with Gasteiger partial charge in [0, 0.05) is 3.57 Å². The van der Waals surface area contributed by atoms with Crippen molar-refractivity contribution in [2.24, 2.45) is 10.8 Å². The molecule has 0 amide bonds. The van der Waals surface area contributed by atoms with E-state index in [2.05, 4.69) is 0 Å². The first-order chi connectivity index (χ1) is 13.0. The minimum atomic E-state index is -3.97. The maximum atomic E-state index is 12.6. The molecular weight excluding hydrogens is 527 g/mol. The lowest BCUT2D eigenvalue weighted by Crippen LogP contribution is -2.19. The Balaban J connectivity index is 2.46. The van der Waals surface area contributed by atoms with E-state index in [0.29, 0.717) is 8.96 Å². The molecule has 6 nitrogen and oxygen atoms in total. The first-order valence-corrected chi connectivity index (χ1v) is 12.9. The van der Waals surface area contributed by atoms with Crippen LogP contribution in [0.15, 0.2) is 40.1 Å². The molecule has 0 aliphatic rings. The Morgan fingerprint density at radius 3 is 1.69 bits per heavy atom. The molecule has 2 aromatic carbocycles. The molecule has 0 radical (unpaired) electrons. The highest BCUT2D eigenvalue weighted by Gasteiger charge is 2.23. The Morgan fingerprint density at radius 1 is 0.759 bits per heavy atom. The van der Waals surface area contributed by atoms with Crippen molar-refractivity contribution in [2.75, 3.05) is 13.2 Å². The number of fused-ring (bicyclic) bond motifs is 1. The fourth-order valence-electron chi connectivity index (χ4n) is 2.22. The van der Waals surface area contributed by atoms with Crippen molar-refractivity contribution in [3.05, 3.63) is 33.9 Å². The minimum Gasteiger partial charge on any atom is -0.266 e. The topological polar surface area (TPSA) is 86.7 Å². The Bertz CT molecular complexity index is 1100. The van der Waals surface area contributed by atoms with Crippen LogP contribution in [0.25, 0.3) is 10.8 Å². The third kappa shape index (κ3) is 6.88. The lowest BCUT2D eigenvalue weighted by molar-refractivity contribution is 0.203. The van der Waals surface area contributed by atoms with Crippen molar-refractivity contribution in [1.29, 1.82) is 0 Å². The van der Waals surface area contributed by atoms with Gasteiger partial charge in [-0.1, -0.05) is 47.6 Å². The molecule has 0 aromatic heterocycles. The van der Waals surface area contributed by atoms with Crippen LogP contribution in [0.5, 0.6) is 0 Å². The smallest absolute Gasteiger partial charge is 0.266 e. The molecule has 0 fully saturated rings. The molecule has 0 N–H and O–H groups in total. The Hall–Kier alpha value is -0.750. The maximum Gasteiger partial charge on any atom is 0.297 e. The third-order valence-corrected chi connectivity index (χ3v) is 7.11. The number of benzene rings is 2. The molecule has 0 aliphatic heterocycles. The van der Waals surface area contributed by atoms with Crippen molar-refractivity contribution in [3.63, 3.8) is 0 Å². The second-order valence-corrected chi connectivity index (χ2v) is 13.7. The van der Waals surface area contributed by atoms with Gasteiger partial charge in [-0.25, -0.2) is 0 Å². The molecule has 0 saturated heterocycles. The van der Waals surface area contributed by atoms with Crippen LogP contribution in [0, 0.1) is 14.4 Å². The first kappa shape index (κ1) is 24.5. The van der Waals surface area contributed by atoms with E-state index in [1.54, 1.807) is 6.07 Å². The zero-order valence-electron chi connectivity index (χ0n) is 17.4. The van der Waals surface area contributed by atoms with E-state index < -0.39 is 20.2 Å². The average molecular weight is 554 g/mol. The molecule has 29 heavy (non-hydrogen) atoms. The monoisotopic (exact) mass is 554 g/mol. The standard InChI is InChI=1S/C20H27IO6S2/c1-19(2,3)12-26-28(22,23)15-7-8-17-14(9-15)10-16(11-18(17)21)29(24,25)27-13-20(4,5)6/h7-11H,12-13H2,1-6H3. The quantitative estimate of drug-likeness (QED) is 0.371. The van der Waals surface area contributed by atoms with Crippen molar-refractivity contribution in [2.45, 2.75) is 51.3 Å². The first-order valence-electron chi connectivity index (χ1n) is 9.02. The van der Waals surface area contributed by atoms with Crippen LogP contribution in [-0.4, -0.2) is 30.0 Å². The molecule has 162 valence electrons. The van der Waals surface area contributed by atoms with Crippen LogP contribution in [0.2, 0.25) is 0 Å². The Labute approximate surface area is 187 Å². The molecule has 0 heterocycles. The van der Waals surface area contributed by atoms with Gasteiger partial charge in [0.2, 0.25) is 0 Å². The summed E-state index contributed by atoms with van der Waals surface area (Å²) in [5, 5.41) is 1.23. The van der Waals surface area contributed by atoms with E-state index in [9.17, 15) is 16.8 Å². The predicted molar refractivity (Wildman–Crippen MR) is 122 cm³/mol. The average Bonchev–Trinajstić information content (AvgIpc) is 2.57. The van der Waals surface area contributed by atoms with Gasteiger partial charge < -0.3 is 0 Å². The largest absolute Gasteiger partial charge is 0.297 e. The third-order valence-electron chi connectivity index (χ3n) is 3.72. The molecule has 0 aliphatic carbocycles. The van der Waals surface area contributed by atoms with E-state index in [-0.39, 0.29) is 33.8 Å². The summed E-state index contributed by atoms with van der Waals surface area (Å²) in [6.07, 6.45) is 0. The molecule has 0 bridgehead atoms. The second-order valence-electron chi connectivity index (χ2n) is 9.34. The number of rotatable bonds is 6. The number of hydrogen-bond donors (Lipinski definition) is 0. The summed E-state index contributed by atoms with van der Waals surface area (Å²) in [6, 6.07) is 7.49. The summed E-state index contributed by atoms with van der Waals surface area (Å²) >= 11 is 2.03. The summed E-state index contributed by atoms with van der Waals surface area (Å²) in [7, 11) is -7.93. The molecule has 0 unspecified atom stereocenters. The molecule has 2 rings (SSSR count). The maximum absolute atomic E-state index is 12.6. The zero-order valence-corrected chi connectivity index (χ0v) is 21.2. The summed E-state index contributed by atoms with van der Waals surface area (Å²) < 4.78 is 61.3. The van der Waals surface area contributed by atoms with Crippen LogP contribution in [0.1, 0.15) is 41.5 Å². The minimum absolute atomic E-state index is 0.0104. The molecule has 9 heteroatoms. The van der Waals surface area contributed by atoms with Gasteiger partial charge >= 0.3 is 0 Å². The lowest BCUT2D eigenvalue weighted by atomic mass is 9.99. The van der Waals surface area contributed by atoms with E-state index in [1.807, 2.05) is 64.1 Å². The fourth-order valence-corrected chi connectivity index (χ4v) is 5.59. The van der Waals surface area contributed by atoms with Gasteiger partial charge in [0.25, 0.3) is 20.2 Å². The van der Waals surface area contributed by atoms with Crippen LogP contribution in [-0.2, 0) is 28.6 Å². The highest BCUT2D eigenvalue weighted by molar-refractivity contribution is 14.1. The van der Waals surface area contributed by atoms with Crippen LogP contribution in [0.4, 0.5) is 0 Å². The molecule has 0 saturated carbocycles. The van der Waals surface area contributed by atoms with Gasteiger partial charge in [-0.15, -0.1) is 0 Å². The van der Waals surface area contributed by atoms with Crippen LogP contribution >= 0.6 is 22.6 Å². The van der Waals surface area contributed by atoms with E-state index in [1.165, 1.54) is 24.3 Å². The van der Waals surface area contributed by atoms with Gasteiger partial charge in [0.05, 0.1) is 23.0 Å². The summed E-state index contributed by atoms with van der Waals surface area (Å²) in [6.45, 7) is 11.3.